The van der Waals surface area contributed by atoms with Crippen LogP contribution in [0.1, 0.15) is 37.4 Å². The first kappa shape index (κ1) is 25.1. The van der Waals surface area contributed by atoms with E-state index in [9.17, 15) is 22.8 Å². The number of aromatic nitrogens is 1. The van der Waals surface area contributed by atoms with Crippen LogP contribution in [0.15, 0.2) is 72.2 Å². The zero-order chi connectivity index (χ0) is 26.0. The maximum Gasteiger partial charge on any atom is 0.417 e. The number of nitrogens with zero attached hydrogens (tertiary/aromatic N) is 1. The fourth-order valence-electron chi connectivity index (χ4n) is 3.48. The van der Waals surface area contributed by atoms with Crippen LogP contribution < -0.4 is 5.32 Å². The monoisotopic (exact) mass is 529 g/mol. The average Bonchev–Trinajstić information content (AvgIpc) is 3.38. The van der Waals surface area contributed by atoms with E-state index in [0.717, 1.165) is 12.1 Å². The number of nitrogens with one attached hydrogen (secondary N) is 2. The number of alkyl halides is 3. The minimum absolute atomic E-state index is 0.0255. The molecule has 11 heteroatoms. The molecule has 0 fully saturated rings. The van der Waals surface area contributed by atoms with Crippen molar-refractivity contribution >= 4 is 46.2 Å². The molecule has 0 saturated carbocycles. The third-order valence-corrected chi connectivity index (χ3v) is 6.32. The molecule has 182 valence electrons. The molecule has 4 aromatic rings. The molecular formula is C25H15ClF3N3O3S. The highest BCUT2D eigenvalue weighted by Gasteiger charge is 2.36. The van der Waals surface area contributed by atoms with Gasteiger partial charge < -0.3 is 10.4 Å². The Balaban J connectivity index is 1.79. The Morgan fingerprint density at radius 1 is 1.03 bits per heavy atom. The number of hydrogen-bond donors (Lipinski definition) is 3. The van der Waals surface area contributed by atoms with Gasteiger partial charge in [0.25, 0.3) is 5.91 Å². The second kappa shape index (κ2) is 9.92. The van der Waals surface area contributed by atoms with Crippen LogP contribution in [0.3, 0.4) is 0 Å². The molecule has 3 aromatic carbocycles. The number of halogens is 4. The van der Waals surface area contributed by atoms with Gasteiger partial charge in [-0.3, -0.25) is 10.2 Å². The van der Waals surface area contributed by atoms with Crippen LogP contribution in [0.2, 0.25) is 5.02 Å². The molecule has 4 rings (SSSR count). The van der Waals surface area contributed by atoms with Crippen LogP contribution in [0.25, 0.3) is 10.6 Å². The first-order chi connectivity index (χ1) is 17.1. The molecule has 6 nitrogen and oxygen atoms in total. The van der Waals surface area contributed by atoms with Gasteiger partial charge in [0, 0.05) is 28.3 Å². The van der Waals surface area contributed by atoms with Gasteiger partial charge in [0.1, 0.15) is 5.01 Å². The lowest BCUT2D eigenvalue weighted by atomic mass is 9.97. The smallest absolute Gasteiger partial charge is 0.417 e. The number of carboxylic acids is 1. The second-order valence-corrected chi connectivity index (χ2v) is 8.77. The van der Waals surface area contributed by atoms with Crippen molar-refractivity contribution in [3.05, 3.63) is 105 Å². The molecule has 1 heterocycles. The number of rotatable bonds is 6. The number of carboxylic acid groups (broad SMARTS) is 1. The fourth-order valence-corrected chi connectivity index (χ4v) is 4.37. The van der Waals surface area contributed by atoms with E-state index >= 15 is 0 Å². The lowest BCUT2D eigenvalue weighted by molar-refractivity contribution is -0.137. The quantitative estimate of drug-likeness (QED) is 0.238. The van der Waals surface area contributed by atoms with Crippen LogP contribution in [-0.2, 0) is 6.18 Å². The van der Waals surface area contributed by atoms with Gasteiger partial charge in [0.05, 0.1) is 33.1 Å². The molecule has 1 aromatic heterocycles. The zero-order valence-electron chi connectivity index (χ0n) is 18.1. The fraction of sp³-hybridized carbons (Fsp3) is 0.0400. The topological polar surface area (TPSA) is 103 Å². The number of anilines is 1. The molecule has 0 aliphatic rings. The maximum absolute atomic E-state index is 13.6. The van der Waals surface area contributed by atoms with E-state index in [1.807, 2.05) is 0 Å². The molecule has 1 amide bonds. The van der Waals surface area contributed by atoms with Crippen molar-refractivity contribution < 1.29 is 27.9 Å². The number of carbonyl (C=O) groups is 2. The Kier molecular flexibility index (Phi) is 6.91. The summed E-state index contributed by atoms with van der Waals surface area (Å²) in [6.07, 6.45) is -3.24. The van der Waals surface area contributed by atoms with Crippen LogP contribution >= 0.6 is 22.9 Å². The molecule has 0 bridgehead atoms. The third kappa shape index (κ3) is 5.14. The average molecular weight is 530 g/mol. The van der Waals surface area contributed by atoms with E-state index in [0.29, 0.717) is 16.1 Å². The Bertz CT molecular complexity index is 1470. The summed E-state index contributed by atoms with van der Waals surface area (Å²) in [6, 6.07) is 13.3. The van der Waals surface area contributed by atoms with Crippen LogP contribution in [-0.4, -0.2) is 27.7 Å². The second-order valence-electron chi connectivity index (χ2n) is 7.47. The molecule has 0 aliphatic carbocycles. The predicted octanol–water partition coefficient (Wildman–Crippen LogP) is 6.85. The van der Waals surface area contributed by atoms with Crippen molar-refractivity contribution in [2.24, 2.45) is 0 Å². The summed E-state index contributed by atoms with van der Waals surface area (Å²) in [5.41, 5.74) is -0.806. The van der Waals surface area contributed by atoms with Crippen molar-refractivity contribution in [1.82, 2.24) is 4.98 Å². The number of benzene rings is 3. The van der Waals surface area contributed by atoms with Crippen molar-refractivity contribution in [2.45, 2.75) is 6.18 Å². The highest BCUT2D eigenvalue weighted by molar-refractivity contribution is 7.13. The minimum Gasteiger partial charge on any atom is -0.478 e. The van der Waals surface area contributed by atoms with Crippen molar-refractivity contribution in [3.63, 3.8) is 0 Å². The van der Waals surface area contributed by atoms with E-state index in [1.165, 1.54) is 53.8 Å². The molecule has 0 atom stereocenters. The van der Waals surface area contributed by atoms with Crippen molar-refractivity contribution in [1.29, 1.82) is 5.41 Å². The normalized spacial score (nSPS) is 11.2. The van der Waals surface area contributed by atoms with E-state index < -0.39 is 29.2 Å². The maximum atomic E-state index is 13.6. The molecule has 3 N–H and O–H groups in total. The summed E-state index contributed by atoms with van der Waals surface area (Å²) in [4.78, 5) is 28.4. The van der Waals surface area contributed by atoms with Gasteiger partial charge in [-0.2, -0.15) is 13.2 Å². The number of amides is 1. The number of carbonyl (C=O) groups excluding carboxylic acids is 1. The van der Waals surface area contributed by atoms with Crippen molar-refractivity contribution in [2.75, 3.05) is 5.32 Å². The Labute approximate surface area is 211 Å². The van der Waals surface area contributed by atoms with E-state index in [2.05, 4.69) is 10.3 Å². The van der Waals surface area contributed by atoms with Gasteiger partial charge in [-0.1, -0.05) is 41.9 Å². The number of hydrogen-bond acceptors (Lipinski definition) is 5. The van der Waals surface area contributed by atoms with E-state index in [1.54, 1.807) is 17.6 Å². The minimum atomic E-state index is -4.82. The summed E-state index contributed by atoms with van der Waals surface area (Å²) in [7, 11) is 0. The van der Waals surface area contributed by atoms with Crippen LogP contribution in [0.4, 0.5) is 18.9 Å². The number of aromatic carboxylic acids is 1. The van der Waals surface area contributed by atoms with E-state index in [-0.39, 0.29) is 27.5 Å². The predicted molar refractivity (Wildman–Crippen MR) is 131 cm³/mol. The van der Waals surface area contributed by atoms with Gasteiger partial charge in [0.2, 0.25) is 0 Å². The van der Waals surface area contributed by atoms with Crippen LogP contribution in [0.5, 0.6) is 0 Å². The molecule has 36 heavy (non-hydrogen) atoms. The summed E-state index contributed by atoms with van der Waals surface area (Å²) in [5.74, 6) is -2.23. The number of thiazole rings is 1. The van der Waals surface area contributed by atoms with E-state index in [4.69, 9.17) is 22.1 Å². The molecular weight excluding hydrogens is 515 g/mol. The Hall–Kier alpha value is -4.02. The lowest BCUT2D eigenvalue weighted by Gasteiger charge is -2.17. The summed E-state index contributed by atoms with van der Waals surface area (Å²) >= 11 is 7.31. The summed E-state index contributed by atoms with van der Waals surface area (Å²) < 4.78 is 40.7. The van der Waals surface area contributed by atoms with Gasteiger partial charge >= 0.3 is 12.1 Å². The zero-order valence-corrected chi connectivity index (χ0v) is 19.6. The first-order valence-electron chi connectivity index (χ1n) is 10.2. The third-order valence-electron chi connectivity index (χ3n) is 5.18. The molecule has 0 radical (unpaired) electrons. The van der Waals surface area contributed by atoms with Gasteiger partial charge in [-0.05, 0) is 30.3 Å². The van der Waals surface area contributed by atoms with Gasteiger partial charge in [0.15, 0.2) is 0 Å². The van der Waals surface area contributed by atoms with Gasteiger partial charge in [-0.15, -0.1) is 11.3 Å². The summed E-state index contributed by atoms with van der Waals surface area (Å²) in [5, 5.41) is 22.2. The van der Waals surface area contributed by atoms with Crippen LogP contribution in [0, 0.1) is 5.41 Å². The standard InChI is InChI=1S/C25H15ClF3N3O3S/c26-18-3-1-2-17(25(27,28)29)20(18)22(33)32-19-12-15(23-31-10-11-36-23)8-9-16(19)21(30)13-4-6-14(7-5-13)24(34)35/h1-12,30H,(H,32,33)(H,34,35). The first-order valence-corrected chi connectivity index (χ1v) is 11.5. The molecule has 0 unspecified atom stereocenters. The Morgan fingerprint density at radius 2 is 1.72 bits per heavy atom. The van der Waals surface area contributed by atoms with Crippen molar-refractivity contribution in [3.8, 4) is 10.6 Å². The molecule has 0 spiro atoms. The molecule has 0 saturated heterocycles. The Morgan fingerprint density at radius 3 is 2.33 bits per heavy atom. The molecule has 0 aliphatic heterocycles. The SMILES string of the molecule is N=C(c1ccc(C(=O)O)cc1)c1ccc(-c2nccs2)cc1NC(=O)c1c(Cl)cccc1C(F)(F)F. The lowest BCUT2D eigenvalue weighted by Crippen LogP contribution is -2.20. The highest BCUT2D eigenvalue weighted by Crippen LogP contribution is 2.36. The van der Waals surface area contributed by atoms with Gasteiger partial charge in [-0.25, -0.2) is 9.78 Å². The largest absolute Gasteiger partial charge is 0.478 e. The highest BCUT2D eigenvalue weighted by atomic mass is 35.5. The summed E-state index contributed by atoms with van der Waals surface area (Å²) in [6.45, 7) is 0.